The van der Waals surface area contributed by atoms with E-state index in [0.717, 1.165) is 17.1 Å². The Morgan fingerprint density at radius 1 is 1.21 bits per heavy atom. The molecule has 0 spiro atoms. The van der Waals surface area contributed by atoms with Crippen LogP contribution in [0.15, 0.2) is 16.7 Å². The number of likely N-dealkylation sites (tertiary alicyclic amines) is 1. The summed E-state index contributed by atoms with van der Waals surface area (Å²) in [5.74, 6) is 2.20. The van der Waals surface area contributed by atoms with Gasteiger partial charge in [-0.3, -0.25) is 4.90 Å². The van der Waals surface area contributed by atoms with Crippen LogP contribution < -0.4 is 5.32 Å². The van der Waals surface area contributed by atoms with E-state index in [1.807, 2.05) is 32.9 Å². The molecule has 2 aromatic rings. The van der Waals surface area contributed by atoms with Gasteiger partial charge in [-0.05, 0) is 33.6 Å². The number of halogens is 1. The largest absolute Gasteiger partial charge is 0.367 e. The Bertz CT molecular complexity index is 674. The van der Waals surface area contributed by atoms with Gasteiger partial charge in [0.05, 0.1) is 12.2 Å². The van der Waals surface area contributed by atoms with Gasteiger partial charge in [-0.1, -0.05) is 5.16 Å². The molecule has 3 heterocycles. The van der Waals surface area contributed by atoms with Crippen molar-refractivity contribution in [2.45, 2.75) is 45.8 Å². The van der Waals surface area contributed by atoms with Crippen molar-refractivity contribution in [1.82, 2.24) is 20.0 Å². The molecule has 1 fully saturated rings. The quantitative estimate of drug-likeness (QED) is 0.907. The number of anilines is 1. The van der Waals surface area contributed by atoms with Crippen molar-refractivity contribution < 1.29 is 8.91 Å². The molecular formula is C17H24FN5O. The van der Waals surface area contributed by atoms with Crippen LogP contribution in [0.2, 0.25) is 0 Å². The highest BCUT2D eigenvalue weighted by Gasteiger charge is 2.34. The Kier molecular flexibility index (Phi) is 4.80. The molecular weight excluding hydrogens is 309 g/mol. The smallest absolute Gasteiger partial charge is 0.133 e. The van der Waals surface area contributed by atoms with Crippen LogP contribution in [0.25, 0.3) is 0 Å². The maximum atomic E-state index is 15.0. The molecule has 1 N–H and O–H groups in total. The standard InChI is InChI=1S/C17H24FN5O/c1-12-8-16(21-14(3)20-12)19-11-17(18)4-6-23(7-5-17)10-15-9-13(2)24-22-15/h8-9H,4-7,10-11H2,1-3H3,(H,19,20,21). The molecule has 0 aromatic carbocycles. The van der Waals surface area contributed by atoms with Gasteiger partial charge in [0.15, 0.2) is 0 Å². The summed E-state index contributed by atoms with van der Waals surface area (Å²) in [5.41, 5.74) is 0.586. The fraction of sp³-hybridized carbons (Fsp3) is 0.588. The van der Waals surface area contributed by atoms with Crippen molar-refractivity contribution in [3.8, 4) is 0 Å². The van der Waals surface area contributed by atoms with E-state index >= 15 is 4.39 Å². The second-order valence-electron chi connectivity index (χ2n) is 6.65. The minimum Gasteiger partial charge on any atom is -0.367 e. The number of aryl methyl sites for hydroxylation is 3. The molecule has 0 saturated carbocycles. The van der Waals surface area contributed by atoms with Gasteiger partial charge in [-0.15, -0.1) is 0 Å². The van der Waals surface area contributed by atoms with E-state index in [1.165, 1.54) is 0 Å². The molecule has 130 valence electrons. The third kappa shape index (κ3) is 4.29. The molecule has 0 atom stereocenters. The van der Waals surface area contributed by atoms with Gasteiger partial charge in [0.2, 0.25) is 0 Å². The predicted octanol–water partition coefficient (Wildman–Crippen LogP) is 2.81. The van der Waals surface area contributed by atoms with Crippen LogP contribution in [0, 0.1) is 20.8 Å². The third-order valence-electron chi connectivity index (χ3n) is 4.37. The van der Waals surface area contributed by atoms with E-state index in [0.29, 0.717) is 44.1 Å². The molecule has 2 aromatic heterocycles. The zero-order valence-corrected chi connectivity index (χ0v) is 14.5. The molecule has 0 radical (unpaired) electrons. The van der Waals surface area contributed by atoms with Crippen LogP contribution >= 0.6 is 0 Å². The summed E-state index contributed by atoms with van der Waals surface area (Å²) in [6.45, 7) is 8.05. The zero-order valence-electron chi connectivity index (χ0n) is 14.5. The second kappa shape index (κ2) is 6.84. The van der Waals surface area contributed by atoms with Crippen molar-refractivity contribution in [3.63, 3.8) is 0 Å². The van der Waals surface area contributed by atoms with Gasteiger partial charge in [-0.2, -0.15) is 0 Å². The molecule has 0 unspecified atom stereocenters. The topological polar surface area (TPSA) is 67.1 Å². The average molecular weight is 333 g/mol. The van der Waals surface area contributed by atoms with Crippen LogP contribution in [0.3, 0.4) is 0 Å². The van der Waals surface area contributed by atoms with Gasteiger partial charge < -0.3 is 9.84 Å². The molecule has 1 aliphatic rings. The molecule has 1 saturated heterocycles. The van der Waals surface area contributed by atoms with E-state index in [9.17, 15) is 0 Å². The van der Waals surface area contributed by atoms with Gasteiger partial charge >= 0.3 is 0 Å². The van der Waals surface area contributed by atoms with E-state index < -0.39 is 5.67 Å². The van der Waals surface area contributed by atoms with Crippen LogP contribution in [-0.2, 0) is 6.54 Å². The van der Waals surface area contributed by atoms with Gasteiger partial charge in [0.1, 0.15) is 23.1 Å². The minimum absolute atomic E-state index is 0.278. The highest BCUT2D eigenvalue weighted by atomic mass is 19.1. The van der Waals surface area contributed by atoms with Crippen LogP contribution in [0.4, 0.5) is 10.2 Å². The minimum atomic E-state index is -1.21. The lowest BCUT2D eigenvalue weighted by Gasteiger charge is -2.36. The Hall–Kier alpha value is -2.02. The highest BCUT2D eigenvalue weighted by molar-refractivity contribution is 5.36. The highest BCUT2D eigenvalue weighted by Crippen LogP contribution is 2.27. The van der Waals surface area contributed by atoms with E-state index in [-0.39, 0.29) is 6.54 Å². The number of hydrogen-bond acceptors (Lipinski definition) is 6. The SMILES string of the molecule is Cc1cc(NCC2(F)CCN(Cc3cc(C)on3)CC2)nc(C)n1. The molecule has 3 rings (SSSR count). The lowest BCUT2D eigenvalue weighted by molar-refractivity contribution is 0.0643. The number of nitrogens with zero attached hydrogens (tertiary/aromatic N) is 4. The number of alkyl halides is 1. The third-order valence-corrected chi connectivity index (χ3v) is 4.37. The molecule has 0 amide bonds. The van der Waals surface area contributed by atoms with Crippen LogP contribution in [-0.4, -0.2) is 45.3 Å². The first-order chi connectivity index (χ1) is 11.4. The van der Waals surface area contributed by atoms with Crippen molar-refractivity contribution in [2.75, 3.05) is 25.0 Å². The maximum Gasteiger partial charge on any atom is 0.133 e. The first-order valence-corrected chi connectivity index (χ1v) is 8.31. The van der Waals surface area contributed by atoms with E-state index in [1.54, 1.807) is 0 Å². The lowest BCUT2D eigenvalue weighted by Crippen LogP contribution is -2.45. The molecule has 0 aliphatic carbocycles. The molecule has 1 aliphatic heterocycles. The van der Waals surface area contributed by atoms with Gasteiger partial charge in [0.25, 0.3) is 0 Å². The summed E-state index contributed by atoms with van der Waals surface area (Å²) in [4.78, 5) is 10.8. The molecule has 0 bridgehead atoms. The summed E-state index contributed by atoms with van der Waals surface area (Å²) in [6.07, 6.45) is 1.000. The summed E-state index contributed by atoms with van der Waals surface area (Å²) >= 11 is 0. The summed E-state index contributed by atoms with van der Waals surface area (Å²) in [5, 5.41) is 7.13. The van der Waals surface area contributed by atoms with Crippen LogP contribution in [0.1, 0.15) is 35.8 Å². The van der Waals surface area contributed by atoms with Crippen molar-refractivity contribution in [1.29, 1.82) is 0 Å². The second-order valence-corrected chi connectivity index (χ2v) is 6.65. The van der Waals surface area contributed by atoms with Crippen molar-refractivity contribution in [2.24, 2.45) is 0 Å². The van der Waals surface area contributed by atoms with E-state index in [4.69, 9.17) is 4.52 Å². The molecule has 6 nitrogen and oxygen atoms in total. The van der Waals surface area contributed by atoms with E-state index in [2.05, 4.69) is 25.3 Å². The zero-order chi connectivity index (χ0) is 17.2. The van der Waals surface area contributed by atoms with Crippen molar-refractivity contribution >= 4 is 5.82 Å². The Labute approximate surface area is 141 Å². The van der Waals surface area contributed by atoms with Crippen LogP contribution in [0.5, 0.6) is 0 Å². The fourth-order valence-corrected chi connectivity index (χ4v) is 3.07. The maximum absolute atomic E-state index is 15.0. The predicted molar refractivity (Wildman–Crippen MR) is 89.6 cm³/mol. The van der Waals surface area contributed by atoms with Crippen molar-refractivity contribution in [3.05, 3.63) is 35.1 Å². The Morgan fingerprint density at radius 3 is 2.58 bits per heavy atom. The monoisotopic (exact) mass is 333 g/mol. The number of nitrogens with one attached hydrogen (secondary N) is 1. The first kappa shape index (κ1) is 16.8. The van der Waals surface area contributed by atoms with Gasteiger partial charge in [0, 0.05) is 37.5 Å². The lowest BCUT2D eigenvalue weighted by atomic mass is 9.93. The fourth-order valence-electron chi connectivity index (χ4n) is 3.07. The summed E-state index contributed by atoms with van der Waals surface area (Å²) in [6, 6.07) is 3.77. The summed E-state index contributed by atoms with van der Waals surface area (Å²) in [7, 11) is 0. The number of rotatable bonds is 5. The van der Waals surface area contributed by atoms with Gasteiger partial charge in [-0.25, -0.2) is 14.4 Å². The normalized spacial score (nSPS) is 17.8. The Morgan fingerprint density at radius 2 is 1.96 bits per heavy atom. The first-order valence-electron chi connectivity index (χ1n) is 8.31. The molecule has 7 heteroatoms. The number of piperidine rings is 1. The average Bonchev–Trinajstić information content (AvgIpc) is 2.92. The summed E-state index contributed by atoms with van der Waals surface area (Å²) < 4.78 is 20.1. The number of hydrogen-bond donors (Lipinski definition) is 1. The Balaban J connectivity index is 1.50. The number of aromatic nitrogens is 3. The molecule has 24 heavy (non-hydrogen) atoms.